The Kier molecular flexibility index (Phi) is 4.39. The number of benzene rings is 2. The van der Waals surface area contributed by atoms with Crippen molar-refractivity contribution in [2.45, 2.75) is 20.8 Å². The van der Waals surface area contributed by atoms with E-state index >= 15 is 0 Å². The van der Waals surface area contributed by atoms with Crippen molar-refractivity contribution in [3.63, 3.8) is 0 Å². The van der Waals surface area contributed by atoms with E-state index in [9.17, 15) is 9.18 Å². The van der Waals surface area contributed by atoms with Crippen LogP contribution in [0.5, 0.6) is 0 Å². The van der Waals surface area contributed by atoms with Gasteiger partial charge in [0, 0.05) is 18.7 Å². The van der Waals surface area contributed by atoms with Gasteiger partial charge in [0.25, 0.3) is 5.91 Å². The van der Waals surface area contributed by atoms with E-state index in [4.69, 9.17) is 4.42 Å². The SMILES string of the molecule is Cc1nc2cc(C)c(-c3ccc(NC(=O)c4c(C)cccc4F)nc3)cc2o1. The Morgan fingerprint density at radius 2 is 1.89 bits per heavy atom. The molecule has 5 nitrogen and oxygen atoms in total. The summed E-state index contributed by atoms with van der Waals surface area (Å²) in [7, 11) is 0. The number of halogens is 1. The number of fused-ring (bicyclic) bond motifs is 1. The molecule has 0 fully saturated rings. The number of nitrogens with zero attached hydrogens (tertiary/aromatic N) is 2. The zero-order chi connectivity index (χ0) is 19.8. The molecule has 2 heterocycles. The molecule has 140 valence electrons. The van der Waals surface area contributed by atoms with Crippen molar-refractivity contribution < 1.29 is 13.6 Å². The standard InChI is InChI=1S/C22H18FN3O2/c1-12-5-4-6-17(23)21(12)22(27)26-20-8-7-15(11-24-20)16-10-19-18(9-13(16)2)25-14(3)28-19/h4-11H,1-3H3,(H,24,26,27). The molecule has 2 aromatic heterocycles. The van der Waals surface area contributed by atoms with Gasteiger partial charge >= 0.3 is 0 Å². The maximum Gasteiger partial charge on any atom is 0.260 e. The second-order valence-electron chi connectivity index (χ2n) is 6.69. The van der Waals surface area contributed by atoms with Crippen LogP contribution in [0.1, 0.15) is 27.4 Å². The predicted octanol–water partition coefficient (Wildman–Crippen LogP) is 5.21. The molecule has 0 saturated heterocycles. The summed E-state index contributed by atoms with van der Waals surface area (Å²) in [5.74, 6) is -0.109. The summed E-state index contributed by atoms with van der Waals surface area (Å²) in [6.07, 6.45) is 1.67. The highest BCUT2D eigenvalue weighted by atomic mass is 19.1. The Balaban J connectivity index is 1.61. The number of amides is 1. The third-order valence-electron chi connectivity index (χ3n) is 4.61. The first kappa shape index (κ1) is 17.9. The molecule has 6 heteroatoms. The van der Waals surface area contributed by atoms with Gasteiger partial charge in [0.1, 0.15) is 17.2 Å². The second kappa shape index (κ2) is 6.88. The molecule has 4 rings (SSSR count). The summed E-state index contributed by atoms with van der Waals surface area (Å²) in [5, 5.41) is 2.65. The molecule has 0 aliphatic rings. The van der Waals surface area contributed by atoms with Gasteiger partial charge in [0.2, 0.25) is 0 Å². The number of aryl methyl sites for hydroxylation is 3. The lowest BCUT2D eigenvalue weighted by molar-refractivity contribution is 0.102. The third kappa shape index (κ3) is 3.24. The Bertz CT molecular complexity index is 1180. The minimum absolute atomic E-state index is 0.0235. The number of rotatable bonds is 3. The average Bonchev–Trinajstić information content (AvgIpc) is 3.00. The van der Waals surface area contributed by atoms with Crippen LogP contribution in [-0.2, 0) is 0 Å². The first-order valence-electron chi connectivity index (χ1n) is 8.83. The molecule has 0 atom stereocenters. The highest BCUT2D eigenvalue weighted by molar-refractivity contribution is 6.05. The summed E-state index contributed by atoms with van der Waals surface area (Å²) < 4.78 is 19.6. The molecule has 0 radical (unpaired) electrons. The lowest BCUT2D eigenvalue weighted by Crippen LogP contribution is -2.16. The number of nitrogens with one attached hydrogen (secondary N) is 1. The van der Waals surface area contributed by atoms with Crippen LogP contribution in [-0.4, -0.2) is 15.9 Å². The van der Waals surface area contributed by atoms with Gasteiger partial charge in [0.05, 0.1) is 5.56 Å². The van der Waals surface area contributed by atoms with E-state index in [1.54, 1.807) is 31.3 Å². The molecular weight excluding hydrogens is 357 g/mol. The van der Waals surface area contributed by atoms with Crippen LogP contribution in [0, 0.1) is 26.6 Å². The van der Waals surface area contributed by atoms with Crippen LogP contribution in [0.3, 0.4) is 0 Å². The van der Waals surface area contributed by atoms with Crippen molar-refractivity contribution in [2.75, 3.05) is 5.32 Å². The highest BCUT2D eigenvalue weighted by Gasteiger charge is 2.15. The normalized spacial score (nSPS) is 11.0. The highest BCUT2D eigenvalue weighted by Crippen LogP contribution is 2.29. The Morgan fingerprint density at radius 1 is 1.07 bits per heavy atom. The molecule has 0 aliphatic heterocycles. The van der Waals surface area contributed by atoms with Crippen LogP contribution in [0.25, 0.3) is 22.2 Å². The number of hydrogen-bond acceptors (Lipinski definition) is 4. The molecular formula is C22H18FN3O2. The summed E-state index contributed by atoms with van der Waals surface area (Å²) in [5.41, 5.74) is 5.02. The molecule has 0 unspecified atom stereocenters. The summed E-state index contributed by atoms with van der Waals surface area (Å²) in [4.78, 5) is 21.0. The summed E-state index contributed by atoms with van der Waals surface area (Å²) >= 11 is 0. The van der Waals surface area contributed by atoms with Crippen molar-refractivity contribution in [3.05, 3.63) is 77.1 Å². The lowest BCUT2D eigenvalue weighted by Gasteiger charge is -2.09. The first-order chi connectivity index (χ1) is 13.4. The van der Waals surface area contributed by atoms with E-state index < -0.39 is 11.7 Å². The van der Waals surface area contributed by atoms with Gasteiger partial charge in [-0.3, -0.25) is 4.79 Å². The fraction of sp³-hybridized carbons (Fsp3) is 0.136. The molecule has 1 N–H and O–H groups in total. The van der Waals surface area contributed by atoms with E-state index in [0.717, 1.165) is 22.2 Å². The quantitative estimate of drug-likeness (QED) is 0.534. The minimum atomic E-state index is -0.555. The number of aromatic nitrogens is 2. The van der Waals surface area contributed by atoms with Gasteiger partial charge in [-0.2, -0.15) is 0 Å². The van der Waals surface area contributed by atoms with Crippen LogP contribution in [0.15, 0.2) is 53.1 Å². The average molecular weight is 375 g/mol. The van der Waals surface area contributed by atoms with Gasteiger partial charge in [0.15, 0.2) is 11.5 Å². The Morgan fingerprint density at radius 3 is 2.61 bits per heavy atom. The molecule has 0 spiro atoms. The van der Waals surface area contributed by atoms with Gasteiger partial charge in [-0.25, -0.2) is 14.4 Å². The Hall–Kier alpha value is -3.54. The van der Waals surface area contributed by atoms with Crippen molar-refractivity contribution in [1.82, 2.24) is 9.97 Å². The molecule has 28 heavy (non-hydrogen) atoms. The molecule has 1 amide bonds. The van der Waals surface area contributed by atoms with E-state index in [2.05, 4.69) is 15.3 Å². The fourth-order valence-electron chi connectivity index (χ4n) is 3.23. The van der Waals surface area contributed by atoms with Gasteiger partial charge in [-0.15, -0.1) is 0 Å². The van der Waals surface area contributed by atoms with Crippen molar-refractivity contribution in [1.29, 1.82) is 0 Å². The number of carbonyl (C=O) groups is 1. The van der Waals surface area contributed by atoms with Crippen molar-refractivity contribution >= 4 is 22.8 Å². The largest absolute Gasteiger partial charge is 0.441 e. The molecule has 0 aliphatic carbocycles. The number of carbonyl (C=O) groups excluding carboxylic acids is 1. The third-order valence-corrected chi connectivity index (χ3v) is 4.61. The van der Waals surface area contributed by atoms with E-state index in [1.807, 2.05) is 32.0 Å². The van der Waals surface area contributed by atoms with Crippen LogP contribution in [0.4, 0.5) is 10.2 Å². The minimum Gasteiger partial charge on any atom is -0.441 e. The van der Waals surface area contributed by atoms with Gasteiger partial charge in [-0.05, 0) is 60.9 Å². The monoisotopic (exact) mass is 375 g/mol. The lowest BCUT2D eigenvalue weighted by atomic mass is 10.0. The number of pyridine rings is 1. The Labute approximate surface area is 161 Å². The fourth-order valence-corrected chi connectivity index (χ4v) is 3.23. The van der Waals surface area contributed by atoms with Crippen LogP contribution < -0.4 is 5.32 Å². The summed E-state index contributed by atoms with van der Waals surface area (Å²) in [6, 6.07) is 12.0. The molecule has 2 aromatic carbocycles. The zero-order valence-electron chi connectivity index (χ0n) is 15.7. The van der Waals surface area contributed by atoms with Crippen molar-refractivity contribution in [3.8, 4) is 11.1 Å². The first-order valence-corrected chi connectivity index (χ1v) is 8.83. The van der Waals surface area contributed by atoms with E-state index in [-0.39, 0.29) is 5.56 Å². The van der Waals surface area contributed by atoms with Gasteiger partial charge < -0.3 is 9.73 Å². The van der Waals surface area contributed by atoms with E-state index in [0.29, 0.717) is 22.9 Å². The molecule has 4 aromatic rings. The maximum absolute atomic E-state index is 14.0. The molecule has 0 saturated carbocycles. The predicted molar refractivity (Wildman–Crippen MR) is 106 cm³/mol. The van der Waals surface area contributed by atoms with Crippen LogP contribution in [0.2, 0.25) is 0 Å². The second-order valence-corrected chi connectivity index (χ2v) is 6.69. The topological polar surface area (TPSA) is 68.0 Å². The zero-order valence-corrected chi connectivity index (χ0v) is 15.7. The number of hydrogen-bond donors (Lipinski definition) is 1. The van der Waals surface area contributed by atoms with E-state index in [1.165, 1.54) is 6.07 Å². The molecule has 0 bridgehead atoms. The number of oxazole rings is 1. The number of anilines is 1. The van der Waals surface area contributed by atoms with Crippen LogP contribution >= 0.6 is 0 Å². The smallest absolute Gasteiger partial charge is 0.260 e. The van der Waals surface area contributed by atoms with Gasteiger partial charge in [-0.1, -0.05) is 12.1 Å². The van der Waals surface area contributed by atoms with Crippen molar-refractivity contribution in [2.24, 2.45) is 0 Å². The summed E-state index contributed by atoms with van der Waals surface area (Å²) in [6.45, 7) is 5.50. The maximum atomic E-state index is 14.0.